The average molecular weight is 283 g/mol. The lowest BCUT2D eigenvalue weighted by molar-refractivity contribution is 0.0295. The molecule has 110 valence electrons. The molecule has 0 saturated carbocycles. The van der Waals surface area contributed by atoms with Crippen LogP contribution in [0.1, 0.15) is 19.8 Å². The van der Waals surface area contributed by atoms with Crippen molar-refractivity contribution in [1.82, 2.24) is 0 Å². The van der Waals surface area contributed by atoms with Crippen LogP contribution >= 0.6 is 0 Å². The molecule has 0 spiro atoms. The lowest BCUT2D eigenvalue weighted by Crippen LogP contribution is -2.26. The normalized spacial score (nSPS) is 13.7. The summed E-state index contributed by atoms with van der Waals surface area (Å²) in [6.45, 7) is 4.62. The Labute approximate surface area is 110 Å². The van der Waals surface area contributed by atoms with E-state index in [-0.39, 0.29) is 11.7 Å². The van der Waals surface area contributed by atoms with Gasteiger partial charge in [-0.15, -0.1) is 0 Å². The van der Waals surface area contributed by atoms with Crippen molar-refractivity contribution in [1.29, 1.82) is 0 Å². The number of ether oxygens (including phenoxy) is 3. The molecular formula is C11H25NO5S. The standard InChI is InChI=1S/C11H25NO5S/c1-3-11(10-18(12,13)14)9-17-8-7-16-6-4-5-15-2/h11H,3-10H2,1-2H3,(H2,12,13,14). The third kappa shape index (κ3) is 12.3. The van der Waals surface area contributed by atoms with Crippen molar-refractivity contribution in [2.75, 3.05) is 45.9 Å². The topological polar surface area (TPSA) is 87.8 Å². The van der Waals surface area contributed by atoms with E-state index in [1.54, 1.807) is 7.11 Å². The zero-order valence-corrected chi connectivity index (χ0v) is 12.1. The molecule has 0 saturated heterocycles. The Bertz CT molecular complexity index is 281. The second kappa shape index (κ2) is 10.7. The van der Waals surface area contributed by atoms with E-state index in [2.05, 4.69) is 0 Å². The summed E-state index contributed by atoms with van der Waals surface area (Å²) in [7, 11) is -1.77. The minimum absolute atomic E-state index is 0.0296. The van der Waals surface area contributed by atoms with Crippen molar-refractivity contribution in [3.8, 4) is 0 Å². The van der Waals surface area contributed by atoms with Crippen molar-refractivity contribution in [2.45, 2.75) is 19.8 Å². The second-order valence-corrected chi connectivity index (χ2v) is 5.80. The fourth-order valence-corrected chi connectivity index (χ4v) is 2.38. The number of methoxy groups -OCH3 is 1. The van der Waals surface area contributed by atoms with Gasteiger partial charge >= 0.3 is 0 Å². The smallest absolute Gasteiger partial charge is 0.209 e. The zero-order valence-electron chi connectivity index (χ0n) is 11.3. The zero-order chi connectivity index (χ0) is 13.9. The summed E-state index contributed by atoms with van der Waals surface area (Å²) >= 11 is 0. The summed E-state index contributed by atoms with van der Waals surface area (Å²) < 4.78 is 37.4. The minimum Gasteiger partial charge on any atom is -0.385 e. The lowest BCUT2D eigenvalue weighted by atomic mass is 10.1. The number of hydrogen-bond donors (Lipinski definition) is 1. The molecule has 0 amide bonds. The Morgan fingerprint density at radius 2 is 1.78 bits per heavy atom. The first-order valence-corrected chi connectivity index (χ1v) is 7.86. The highest BCUT2D eigenvalue weighted by molar-refractivity contribution is 7.89. The first-order valence-electron chi connectivity index (χ1n) is 6.14. The highest BCUT2D eigenvalue weighted by Gasteiger charge is 2.13. The van der Waals surface area contributed by atoms with Gasteiger partial charge in [0.05, 0.1) is 25.6 Å². The van der Waals surface area contributed by atoms with Gasteiger partial charge in [-0.05, 0) is 12.3 Å². The van der Waals surface area contributed by atoms with E-state index in [9.17, 15) is 8.42 Å². The Morgan fingerprint density at radius 3 is 2.33 bits per heavy atom. The van der Waals surface area contributed by atoms with Gasteiger partial charge in [-0.1, -0.05) is 13.3 Å². The summed E-state index contributed by atoms with van der Waals surface area (Å²) in [4.78, 5) is 0. The van der Waals surface area contributed by atoms with E-state index in [1.807, 2.05) is 6.92 Å². The molecule has 0 aliphatic carbocycles. The number of hydrogen-bond acceptors (Lipinski definition) is 5. The molecule has 0 aliphatic heterocycles. The van der Waals surface area contributed by atoms with E-state index in [0.717, 1.165) is 12.8 Å². The number of sulfonamides is 1. The van der Waals surface area contributed by atoms with Crippen molar-refractivity contribution in [2.24, 2.45) is 11.1 Å². The van der Waals surface area contributed by atoms with Gasteiger partial charge in [0, 0.05) is 20.3 Å². The molecule has 1 atom stereocenters. The van der Waals surface area contributed by atoms with Crippen LogP contribution in [-0.2, 0) is 24.2 Å². The molecule has 1 unspecified atom stereocenters. The molecule has 18 heavy (non-hydrogen) atoms. The van der Waals surface area contributed by atoms with Crippen LogP contribution in [0.15, 0.2) is 0 Å². The molecule has 0 aliphatic rings. The molecule has 0 bridgehead atoms. The van der Waals surface area contributed by atoms with Crippen molar-refractivity contribution < 1.29 is 22.6 Å². The maximum absolute atomic E-state index is 10.9. The van der Waals surface area contributed by atoms with E-state index < -0.39 is 10.0 Å². The first-order chi connectivity index (χ1) is 8.49. The van der Waals surface area contributed by atoms with Gasteiger partial charge in [-0.2, -0.15) is 0 Å². The van der Waals surface area contributed by atoms with Gasteiger partial charge < -0.3 is 14.2 Å². The average Bonchev–Trinajstić information content (AvgIpc) is 2.29. The Balaban J connectivity index is 3.46. The number of rotatable bonds is 12. The molecule has 0 aromatic heterocycles. The quantitative estimate of drug-likeness (QED) is 0.523. The molecule has 0 rings (SSSR count). The number of nitrogens with two attached hydrogens (primary N) is 1. The van der Waals surface area contributed by atoms with Crippen LogP contribution in [0, 0.1) is 5.92 Å². The van der Waals surface area contributed by atoms with Gasteiger partial charge in [-0.25, -0.2) is 13.6 Å². The predicted molar refractivity (Wildman–Crippen MR) is 69.9 cm³/mol. The maximum atomic E-state index is 10.9. The summed E-state index contributed by atoms with van der Waals surface area (Å²) in [5.74, 6) is -0.0773. The van der Waals surface area contributed by atoms with Gasteiger partial charge in [0.15, 0.2) is 0 Å². The molecular weight excluding hydrogens is 258 g/mol. The van der Waals surface area contributed by atoms with Gasteiger partial charge in [0.25, 0.3) is 0 Å². The Hall–Kier alpha value is -0.210. The summed E-state index contributed by atoms with van der Waals surface area (Å²) in [5.41, 5.74) is 0. The van der Waals surface area contributed by atoms with E-state index >= 15 is 0 Å². The van der Waals surface area contributed by atoms with Crippen LogP contribution in [0.4, 0.5) is 0 Å². The van der Waals surface area contributed by atoms with Gasteiger partial charge in [0.2, 0.25) is 10.0 Å². The third-order valence-electron chi connectivity index (χ3n) is 2.41. The fourth-order valence-electron chi connectivity index (χ4n) is 1.39. The van der Waals surface area contributed by atoms with Crippen LogP contribution in [0.25, 0.3) is 0 Å². The highest BCUT2D eigenvalue weighted by Crippen LogP contribution is 2.05. The number of primary sulfonamides is 1. The first kappa shape index (κ1) is 17.8. The molecule has 0 fully saturated rings. The van der Waals surface area contributed by atoms with Gasteiger partial charge in [-0.3, -0.25) is 0 Å². The van der Waals surface area contributed by atoms with Crippen LogP contribution < -0.4 is 5.14 Å². The van der Waals surface area contributed by atoms with E-state index in [1.165, 1.54) is 0 Å². The van der Waals surface area contributed by atoms with Crippen molar-refractivity contribution >= 4 is 10.0 Å². The summed E-state index contributed by atoms with van der Waals surface area (Å²) in [6, 6.07) is 0. The molecule has 2 N–H and O–H groups in total. The molecule has 0 radical (unpaired) electrons. The summed E-state index contributed by atoms with van der Waals surface area (Å²) in [5, 5.41) is 4.99. The summed E-state index contributed by atoms with van der Waals surface area (Å²) in [6.07, 6.45) is 1.59. The van der Waals surface area contributed by atoms with Crippen LogP contribution in [0.3, 0.4) is 0 Å². The maximum Gasteiger partial charge on any atom is 0.209 e. The molecule has 0 aromatic rings. The molecule has 0 heterocycles. The third-order valence-corrected chi connectivity index (χ3v) is 3.34. The van der Waals surface area contributed by atoms with Crippen molar-refractivity contribution in [3.63, 3.8) is 0 Å². The lowest BCUT2D eigenvalue weighted by Gasteiger charge is -2.13. The Kier molecular flexibility index (Phi) is 10.6. The van der Waals surface area contributed by atoms with Crippen LogP contribution in [0.5, 0.6) is 0 Å². The van der Waals surface area contributed by atoms with E-state index in [0.29, 0.717) is 33.0 Å². The fraction of sp³-hybridized carbons (Fsp3) is 1.00. The van der Waals surface area contributed by atoms with Gasteiger partial charge in [0.1, 0.15) is 0 Å². The molecule has 7 heteroatoms. The highest BCUT2D eigenvalue weighted by atomic mass is 32.2. The second-order valence-electron chi connectivity index (χ2n) is 4.14. The molecule has 0 aromatic carbocycles. The monoisotopic (exact) mass is 283 g/mol. The molecule has 6 nitrogen and oxygen atoms in total. The van der Waals surface area contributed by atoms with E-state index in [4.69, 9.17) is 19.3 Å². The SMILES string of the molecule is CCC(COCCOCCCOC)CS(N)(=O)=O. The van der Waals surface area contributed by atoms with Crippen LogP contribution in [-0.4, -0.2) is 54.3 Å². The van der Waals surface area contributed by atoms with Crippen molar-refractivity contribution in [3.05, 3.63) is 0 Å². The Morgan fingerprint density at radius 1 is 1.11 bits per heavy atom. The van der Waals surface area contributed by atoms with Crippen LogP contribution in [0.2, 0.25) is 0 Å². The predicted octanol–water partition coefficient (Wildman–Crippen LogP) is 0.371. The minimum atomic E-state index is -3.42. The largest absolute Gasteiger partial charge is 0.385 e.